The molecule has 0 saturated carbocycles. The molecule has 31 heavy (non-hydrogen) atoms. The normalized spacial score (nSPS) is 18.8. The van der Waals surface area contributed by atoms with Gasteiger partial charge in [-0.15, -0.1) is 0 Å². The summed E-state index contributed by atoms with van der Waals surface area (Å²) in [7, 11) is 0. The SMILES string of the molecule is O=C1CCc2cc(Nc3[nH]c(C(=O)N4CCCC(C(F)(F)F)C4)cc3OCI)ccc21. The molecule has 2 N–H and O–H groups in total. The molecule has 1 aliphatic heterocycles. The number of fused-ring (bicyclic) bond motifs is 1. The number of nitrogens with one attached hydrogen (secondary N) is 2. The molecule has 4 rings (SSSR count). The van der Waals surface area contributed by atoms with Gasteiger partial charge in [0.2, 0.25) is 0 Å². The van der Waals surface area contributed by atoms with Gasteiger partial charge in [0.15, 0.2) is 17.4 Å². The Hall–Kier alpha value is -2.24. The average molecular weight is 547 g/mol. The zero-order valence-corrected chi connectivity index (χ0v) is 18.7. The number of benzene rings is 1. The summed E-state index contributed by atoms with van der Waals surface area (Å²) < 4.78 is 45.3. The fraction of sp³-hybridized carbons (Fsp3) is 0.429. The molecule has 6 nitrogen and oxygen atoms in total. The molecule has 2 heterocycles. The highest BCUT2D eigenvalue weighted by atomic mass is 127. The molecule has 1 atom stereocenters. The minimum Gasteiger partial charge on any atom is -0.479 e. The summed E-state index contributed by atoms with van der Waals surface area (Å²) in [6.45, 7) is -0.0556. The molecule has 1 unspecified atom stereocenters. The smallest absolute Gasteiger partial charge is 0.393 e. The molecule has 166 valence electrons. The number of ketones is 1. The lowest BCUT2D eigenvalue weighted by Gasteiger charge is -2.33. The van der Waals surface area contributed by atoms with E-state index < -0.39 is 18.0 Å². The van der Waals surface area contributed by atoms with Crippen LogP contribution in [0.5, 0.6) is 5.75 Å². The predicted molar refractivity (Wildman–Crippen MR) is 117 cm³/mol. The zero-order valence-electron chi connectivity index (χ0n) is 16.5. The number of aromatic nitrogens is 1. The van der Waals surface area contributed by atoms with E-state index in [1.807, 2.05) is 28.7 Å². The van der Waals surface area contributed by atoms with Crippen LogP contribution in [-0.2, 0) is 6.42 Å². The van der Waals surface area contributed by atoms with E-state index in [4.69, 9.17) is 4.74 Å². The summed E-state index contributed by atoms with van der Waals surface area (Å²) in [6.07, 6.45) is -2.78. The Kier molecular flexibility index (Phi) is 6.18. The highest BCUT2D eigenvalue weighted by Gasteiger charge is 2.43. The van der Waals surface area contributed by atoms with Crippen molar-refractivity contribution in [2.75, 3.05) is 23.0 Å². The fourth-order valence-corrected chi connectivity index (χ4v) is 4.43. The van der Waals surface area contributed by atoms with Crippen molar-refractivity contribution in [1.82, 2.24) is 9.88 Å². The Labute approximate surface area is 190 Å². The number of ether oxygens (including phenoxy) is 1. The van der Waals surface area contributed by atoms with Crippen molar-refractivity contribution in [3.63, 3.8) is 0 Å². The zero-order chi connectivity index (χ0) is 22.2. The van der Waals surface area contributed by atoms with Crippen LogP contribution in [0.3, 0.4) is 0 Å². The first-order valence-corrected chi connectivity index (χ1v) is 11.5. The number of likely N-dealkylation sites (tertiary alicyclic amines) is 1. The van der Waals surface area contributed by atoms with Crippen LogP contribution < -0.4 is 10.1 Å². The molecule has 10 heteroatoms. The number of hydrogen-bond acceptors (Lipinski definition) is 4. The molecule has 0 spiro atoms. The van der Waals surface area contributed by atoms with Crippen molar-refractivity contribution in [3.8, 4) is 5.75 Å². The number of alkyl halides is 4. The second-order valence-corrected chi connectivity index (χ2v) is 8.35. The quantitative estimate of drug-likeness (QED) is 0.405. The molecular formula is C21H21F3IN3O3. The minimum atomic E-state index is -4.31. The summed E-state index contributed by atoms with van der Waals surface area (Å²) in [5, 5.41) is 3.17. The lowest BCUT2D eigenvalue weighted by atomic mass is 9.97. The van der Waals surface area contributed by atoms with Crippen LogP contribution in [0.1, 0.15) is 45.7 Å². The van der Waals surface area contributed by atoms with Crippen LogP contribution in [0.4, 0.5) is 24.7 Å². The number of piperidine rings is 1. The van der Waals surface area contributed by atoms with Gasteiger partial charge in [0.05, 0.1) is 5.92 Å². The van der Waals surface area contributed by atoms with Crippen molar-refractivity contribution >= 4 is 45.8 Å². The summed E-state index contributed by atoms with van der Waals surface area (Å²) in [5.74, 6) is -1.02. The molecule has 1 aromatic carbocycles. The van der Waals surface area contributed by atoms with E-state index in [0.29, 0.717) is 35.4 Å². The number of aromatic amines is 1. The van der Waals surface area contributed by atoms with E-state index in [-0.39, 0.29) is 31.0 Å². The molecule has 1 fully saturated rings. The summed E-state index contributed by atoms with van der Waals surface area (Å²) in [6, 6.07) is 6.94. The van der Waals surface area contributed by atoms with Gasteiger partial charge in [-0.3, -0.25) is 9.59 Å². The Morgan fingerprint density at radius 2 is 2.10 bits per heavy atom. The van der Waals surface area contributed by atoms with E-state index in [1.54, 1.807) is 12.1 Å². The summed E-state index contributed by atoms with van der Waals surface area (Å²) >= 11 is 2.02. The number of Topliss-reactive ketones (excluding diaryl/α,β-unsaturated/α-hetero) is 1. The van der Waals surface area contributed by atoms with Crippen LogP contribution in [0.15, 0.2) is 24.3 Å². The lowest BCUT2D eigenvalue weighted by Crippen LogP contribution is -2.44. The Balaban J connectivity index is 1.54. The predicted octanol–water partition coefficient (Wildman–Crippen LogP) is 5.07. The van der Waals surface area contributed by atoms with Gasteiger partial charge >= 0.3 is 6.18 Å². The molecule has 1 saturated heterocycles. The third-order valence-electron chi connectivity index (χ3n) is 5.69. The lowest BCUT2D eigenvalue weighted by molar-refractivity contribution is -0.184. The van der Waals surface area contributed by atoms with Gasteiger partial charge in [-0.05, 0) is 65.6 Å². The number of H-pyrrole nitrogens is 1. The van der Waals surface area contributed by atoms with Crippen molar-refractivity contribution in [2.45, 2.75) is 31.9 Å². The van der Waals surface area contributed by atoms with Gasteiger partial charge in [-0.1, -0.05) is 0 Å². The van der Waals surface area contributed by atoms with E-state index in [2.05, 4.69) is 10.3 Å². The Bertz CT molecular complexity index is 1010. The number of hydrogen-bond donors (Lipinski definition) is 2. The van der Waals surface area contributed by atoms with Crippen LogP contribution in [0.25, 0.3) is 0 Å². The second-order valence-electron chi connectivity index (χ2n) is 7.73. The number of amides is 1. The Morgan fingerprint density at radius 1 is 1.29 bits per heavy atom. The first-order valence-electron chi connectivity index (χ1n) is 9.97. The minimum absolute atomic E-state index is 0.0365. The van der Waals surface area contributed by atoms with Gasteiger partial charge in [-0.2, -0.15) is 13.2 Å². The third kappa shape index (κ3) is 4.68. The van der Waals surface area contributed by atoms with E-state index in [9.17, 15) is 22.8 Å². The topological polar surface area (TPSA) is 74.4 Å². The number of anilines is 2. The molecular weight excluding hydrogens is 526 g/mol. The molecule has 1 aliphatic carbocycles. The number of carbonyl (C=O) groups excluding carboxylic acids is 2. The first-order chi connectivity index (χ1) is 14.8. The van der Waals surface area contributed by atoms with Crippen LogP contribution >= 0.6 is 22.6 Å². The Morgan fingerprint density at radius 3 is 2.84 bits per heavy atom. The largest absolute Gasteiger partial charge is 0.479 e. The van der Waals surface area contributed by atoms with Gasteiger partial charge in [0.25, 0.3) is 5.91 Å². The summed E-state index contributed by atoms with van der Waals surface area (Å²) in [4.78, 5) is 28.9. The maximum absolute atomic E-state index is 13.1. The number of nitrogens with zero attached hydrogens (tertiary/aromatic N) is 1. The molecule has 1 aromatic heterocycles. The average Bonchev–Trinajstić information content (AvgIpc) is 3.31. The maximum atomic E-state index is 13.1. The maximum Gasteiger partial charge on any atom is 0.393 e. The number of halogens is 4. The van der Waals surface area contributed by atoms with Crippen molar-refractivity contribution < 1.29 is 27.5 Å². The second kappa shape index (κ2) is 8.71. The number of rotatable bonds is 5. The molecule has 2 aliphatic rings. The highest BCUT2D eigenvalue weighted by molar-refractivity contribution is 14.1. The monoisotopic (exact) mass is 547 g/mol. The first kappa shape index (κ1) is 22.0. The van der Waals surface area contributed by atoms with Gasteiger partial charge < -0.3 is 19.9 Å². The molecule has 1 amide bonds. The van der Waals surface area contributed by atoms with Gasteiger partial charge in [0, 0.05) is 36.8 Å². The number of carbonyl (C=O) groups is 2. The van der Waals surface area contributed by atoms with E-state index >= 15 is 0 Å². The van der Waals surface area contributed by atoms with E-state index in [0.717, 1.165) is 16.8 Å². The van der Waals surface area contributed by atoms with Crippen LogP contribution in [0, 0.1) is 5.92 Å². The van der Waals surface area contributed by atoms with E-state index in [1.165, 1.54) is 11.0 Å². The molecule has 0 radical (unpaired) electrons. The highest BCUT2D eigenvalue weighted by Crippen LogP contribution is 2.35. The number of aryl methyl sites for hydroxylation is 1. The summed E-state index contributed by atoms with van der Waals surface area (Å²) in [5.41, 5.74) is 2.57. The molecule has 2 aromatic rings. The standard InChI is InChI=1S/C21H21F3IN3O3/c22-21(23,24)13-2-1-7-28(10-13)20(30)16-9-18(31-11-25)19(27-16)26-14-4-5-15-12(8-14)3-6-17(15)29/h4-5,8-9,13,26-27H,1-3,6-7,10-11H2. The van der Waals surface area contributed by atoms with Crippen molar-refractivity contribution in [2.24, 2.45) is 5.92 Å². The van der Waals surface area contributed by atoms with Crippen LogP contribution in [0.2, 0.25) is 0 Å². The fourth-order valence-electron chi connectivity index (χ4n) is 4.09. The van der Waals surface area contributed by atoms with Gasteiger partial charge in [-0.25, -0.2) is 0 Å². The third-order valence-corrected chi connectivity index (χ3v) is 6.00. The van der Waals surface area contributed by atoms with Crippen molar-refractivity contribution in [1.29, 1.82) is 0 Å². The molecule has 0 bridgehead atoms. The van der Waals surface area contributed by atoms with Crippen molar-refractivity contribution in [3.05, 3.63) is 41.1 Å². The van der Waals surface area contributed by atoms with Gasteiger partial charge in [0.1, 0.15) is 10.3 Å². The van der Waals surface area contributed by atoms with Crippen LogP contribution in [-0.4, -0.2) is 45.5 Å².